The van der Waals surface area contributed by atoms with Crippen molar-refractivity contribution in [1.29, 1.82) is 0 Å². The molecule has 1 aromatic carbocycles. The Morgan fingerprint density at radius 2 is 1.87 bits per heavy atom. The van der Waals surface area contributed by atoms with E-state index in [4.69, 9.17) is 4.74 Å². The van der Waals surface area contributed by atoms with Crippen molar-refractivity contribution in [2.24, 2.45) is 4.99 Å². The number of anilines is 1. The van der Waals surface area contributed by atoms with Gasteiger partial charge in [-0.15, -0.1) is 24.0 Å². The Hall–Kier alpha value is -2.49. The molecule has 30 heavy (non-hydrogen) atoms. The Morgan fingerprint density at radius 1 is 1.10 bits per heavy atom. The summed E-state index contributed by atoms with van der Waals surface area (Å²) < 4.78 is 7.31. The lowest BCUT2D eigenvalue weighted by Crippen LogP contribution is -2.52. The molecular weight excluding hydrogens is 491 g/mol. The molecule has 0 atom stereocenters. The SMILES string of the molecule is CN=C(NCCc1cn2ccccc2n1)N1CCN(c2ccc(OC)cc2)CC1.I. The summed E-state index contributed by atoms with van der Waals surface area (Å²) in [6, 6.07) is 14.3. The summed E-state index contributed by atoms with van der Waals surface area (Å²) in [7, 11) is 3.55. The molecule has 4 rings (SSSR count). The number of nitrogens with zero attached hydrogens (tertiary/aromatic N) is 5. The second kappa shape index (κ2) is 10.5. The lowest BCUT2D eigenvalue weighted by atomic mass is 10.2. The molecule has 7 nitrogen and oxygen atoms in total. The van der Waals surface area contributed by atoms with Gasteiger partial charge in [0.25, 0.3) is 0 Å². The predicted octanol–water partition coefficient (Wildman–Crippen LogP) is 2.90. The molecule has 1 saturated heterocycles. The van der Waals surface area contributed by atoms with Gasteiger partial charge in [0.05, 0.1) is 12.8 Å². The lowest BCUT2D eigenvalue weighted by molar-refractivity contribution is 0.372. The first-order chi connectivity index (χ1) is 14.3. The quantitative estimate of drug-likeness (QED) is 0.319. The topological polar surface area (TPSA) is 57.4 Å². The lowest BCUT2D eigenvalue weighted by Gasteiger charge is -2.37. The van der Waals surface area contributed by atoms with Crippen LogP contribution in [0.1, 0.15) is 5.69 Å². The van der Waals surface area contributed by atoms with Crippen molar-refractivity contribution in [3.63, 3.8) is 0 Å². The van der Waals surface area contributed by atoms with Gasteiger partial charge in [-0.2, -0.15) is 0 Å². The number of pyridine rings is 1. The second-order valence-corrected chi connectivity index (χ2v) is 7.09. The second-order valence-electron chi connectivity index (χ2n) is 7.09. The number of aliphatic imine (C=N–C) groups is 1. The summed E-state index contributed by atoms with van der Waals surface area (Å²) in [5.41, 5.74) is 3.31. The zero-order chi connectivity index (χ0) is 20.1. The summed E-state index contributed by atoms with van der Waals surface area (Å²) >= 11 is 0. The third-order valence-corrected chi connectivity index (χ3v) is 5.31. The maximum absolute atomic E-state index is 5.25. The minimum Gasteiger partial charge on any atom is -0.497 e. The molecule has 2 aromatic heterocycles. The van der Waals surface area contributed by atoms with Gasteiger partial charge < -0.3 is 24.3 Å². The van der Waals surface area contributed by atoms with E-state index in [0.717, 1.165) is 62.2 Å². The van der Waals surface area contributed by atoms with Crippen LogP contribution in [-0.4, -0.2) is 67.1 Å². The van der Waals surface area contributed by atoms with Gasteiger partial charge >= 0.3 is 0 Å². The maximum atomic E-state index is 5.25. The summed E-state index contributed by atoms with van der Waals surface area (Å²) in [5.74, 6) is 1.85. The summed E-state index contributed by atoms with van der Waals surface area (Å²) in [6.45, 7) is 4.65. The number of fused-ring (bicyclic) bond motifs is 1. The Kier molecular flexibility index (Phi) is 7.78. The van der Waals surface area contributed by atoms with Gasteiger partial charge in [0.1, 0.15) is 11.4 Å². The Balaban J connectivity index is 0.00000256. The first-order valence-electron chi connectivity index (χ1n) is 10.0. The van der Waals surface area contributed by atoms with E-state index in [1.807, 2.05) is 43.6 Å². The van der Waals surface area contributed by atoms with Crippen molar-refractivity contribution in [2.45, 2.75) is 6.42 Å². The van der Waals surface area contributed by atoms with Gasteiger partial charge in [0.15, 0.2) is 5.96 Å². The molecule has 3 aromatic rings. The molecule has 1 fully saturated rings. The van der Waals surface area contributed by atoms with Crippen LogP contribution in [0.15, 0.2) is 59.9 Å². The van der Waals surface area contributed by atoms with Gasteiger partial charge in [-0.3, -0.25) is 4.99 Å². The highest BCUT2D eigenvalue weighted by atomic mass is 127. The highest BCUT2D eigenvalue weighted by molar-refractivity contribution is 14.0. The van der Waals surface area contributed by atoms with E-state index >= 15 is 0 Å². The largest absolute Gasteiger partial charge is 0.497 e. The number of halogens is 1. The van der Waals surface area contributed by atoms with Crippen LogP contribution < -0.4 is 15.0 Å². The zero-order valence-electron chi connectivity index (χ0n) is 17.5. The third-order valence-electron chi connectivity index (χ3n) is 5.31. The number of imidazole rings is 1. The van der Waals surface area contributed by atoms with Gasteiger partial charge in [-0.1, -0.05) is 6.07 Å². The van der Waals surface area contributed by atoms with E-state index in [2.05, 4.69) is 47.8 Å². The van der Waals surface area contributed by atoms with Gasteiger partial charge in [-0.05, 0) is 36.4 Å². The Labute approximate surface area is 194 Å². The molecule has 0 unspecified atom stereocenters. The number of ether oxygens (including phenoxy) is 1. The fraction of sp³-hybridized carbons (Fsp3) is 0.364. The molecule has 0 radical (unpaired) electrons. The highest BCUT2D eigenvalue weighted by Gasteiger charge is 2.19. The van der Waals surface area contributed by atoms with Crippen molar-refractivity contribution >= 4 is 41.3 Å². The molecule has 0 saturated carbocycles. The Morgan fingerprint density at radius 3 is 2.53 bits per heavy atom. The molecular formula is C22H29IN6O. The standard InChI is InChI=1S/C22H28N6O.HI/c1-23-22(24-11-10-18-17-28-12-4-3-5-21(28)25-18)27-15-13-26(14-16-27)19-6-8-20(29-2)9-7-19;/h3-9,12,17H,10-11,13-16H2,1-2H3,(H,23,24);1H. The van der Waals surface area contributed by atoms with Crippen molar-refractivity contribution in [3.8, 4) is 5.75 Å². The van der Waals surface area contributed by atoms with E-state index in [1.165, 1.54) is 5.69 Å². The van der Waals surface area contributed by atoms with Crippen molar-refractivity contribution < 1.29 is 4.74 Å². The van der Waals surface area contributed by atoms with E-state index in [9.17, 15) is 0 Å². The third kappa shape index (κ3) is 5.16. The number of benzene rings is 1. The predicted molar refractivity (Wildman–Crippen MR) is 132 cm³/mol. The van der Waals surface area contributed by atoms with Crippen LogP contribution in [0.25, 0.3) is 5.65 Å². The highest BCUT2D eigenvalue weighted by Crippen LogP contribution is 2.20. The number of piperazine rings is 1. The monoisotopic (exact) mass is 520 g/mol. The molecule has 160 valence electrons. The Bertz CT molecular complexity index is 930. The van der Waals surface area contributed by atoms with Gasteiger partial charge in [0.2, 0.25) is 0 Å². The number of nitrogens with one attached hydrogen (secondary N) is 1. The summed E-state index contributed by atoms with van der Waals surface area (Å²) in [4.78, 5) is 13.9. The minimum atomic E-state index is 0. The molecule has 8 heteroatoms. The summed E-state index contributed by atoms with van der Waals surface area (Å²) in [5, 5.41) is 3.49. The number of aromatic nitrogens is 2. The first kappa shape index (κ1) is 22.2. The maximum Gasteiger partial charge on any atom is 0.193 e. The van der Waals surface area contributed by atoms with Crippen LogP contribution in [0.2, 0.25) is 0 Å². The van der Waals surface area contributed by atoms with E-state index in [0.29, 0.717) is 0 Å². The zero-order valence-corrected chi connectivity index (χ0v) is 19.8. The van der Waals surface area contributed by atoms with E-state index in [1.54, 1.807) is 7.11 Å². The van der Waals surface area contributed by atoms with Gasteiger partial charge in [-0.25, -0.2) is 4.98 Å². The van der Waals surface area contributed by atoms with Crippen molar-refractivity contribution in [2.75, 3.05) is 51.8 Å². The minimum absolute atomic E-state index is 0. The molecule has 1 aliphatic heterocycles. The average molecular weight is 520 g/mol. The first-order valence-corrected chi connectivity index (χ1v) is 10.0. The van der Waals surface area contributed by atoms with E-state index < -0.39 is 0 Å². The van der Waals surface area contributed by atoms with Gasteiger partial charge in [0, 0.05) is 64.3 Å². The van der Waals surface area contributed by atoms with Crippen LogP contribution >= 0.6 is 24.0 Å². The van der Waals surface area contributed by atoms with Crippen molar-refractivity contribution in [3.05, 3.63) is 60.6 Å². The average Bonchev–Trinajstić information content (AvgIpc) is 3.20. The molecule has 0 spiro atoms. The number of hydrogen-bond donors (Lipinski definition) is 1. The molecule has 1 N–H and O–H groups in total. The normalized spacial score (nSPS) is 14.5. The van der Waals surface area contributed by atoms with Crippen molar-refractivity contribution in [1.82, 2.24) is 19.6 Å². The molecule has 0 bridgehead atoms. The molecule has 1 aliphatic rings. The number of hydrogen-bond acceptors (Lipinski definition) is 4. The summed E-state index contributed by atoms with van der Waals surface area (Å²) in [6.07, 6.45) is 4.99. The van der Waals surface area contributed by atoms with Crippen LogP contribution in [0.4, 0.5) is 5.69 Å². The van der Waals surface area contributed by atoms with Crippen LogP contribution in [-0.2, 0) is 6.42 Å². The smallest absolute Gasteiger partial charge is 0.193 e. The van der Waals surface area contributed by atoms with Crippen LogP contribution in [0.3, 0.4) is 0 Å². The molecule has 3 heterocycles. The van der Waals surface area contributed by atoms with Crippen LogP contribution in [0.5, 0.6) is 5.75 Å². The van der Waals surface area contributed by atoms with Crippen LogP contribution in [0, 0.1) is 0 Å². The van der Waals surface area contributed by atoms with E-state index in [-0.39, 0.29) is 24.0 Å². The number of guanidine groups is 1. The fourth-order valence-corrected chi connectivity index (χ4v) is 3.71. The molecule has 0 amide bonds. The number of rotatable bonds is 5. The molecule has 0 aliphatic carbocycles. The fourth-order valence-electron chi connectivity index (χ4n) is 3.71. The number of methoxy groups -OCH3 is 1.